The topological polar surface area (TPSA) is 21.1 Å². The minimum atomic E-state index is 0.801. The van der Waals surface area contributed by atoms with E-state index in [1.807, 2.05) is 18.3 Å². The van der Waals surface area contributed by atoms with Crippen molar-refractivity contribution in [2.75, 3.05) is 4.90 Å². The molecule has 0 N–H and O–H groups in total. The second-order valence-corrected chi connectivity index (χ2v) is 16.7. The smallest absolute Gasteiger partial charge is 0.0701 e. The highest BCUT2D eigenvalue weighted by atomic mass is 15.1. The van der Waals surface area contributed by atoms with Gasteiger partial charge in [0.25, 0.3) is 0 Å². The standard InChI is InChI=1S/C61H43N3/c1-2-17-49(18-3-1)64-60-24-11-10-22-57(60)58-35-29-44(41-61(58)64)42-25-30-50(31-26-42)63(51-32-27-43(28-33-51)59-23-12-13-37-62-59)52-34-36-56-48(40-52)39-47-16-6-8-20-54(47)53-19-7-4-14-45(53)38-46-15-5-9-21-55(46)56/h1-37,40-41H,38-39H2. The van der Waals surface area contributed by atoms with E-state index in [0.29, 0.717) is 0 Å². The summed E-state index contributed by atoms with van der Waals surface area (Å²) in [4.78, 5) is 7.04. The van der Waals surface area contributed by atoms with Gasteiger partial charge in [0.15, 0.2) is 0 Å². The summed E-state index contributed by atoms with van der Waals surface area (Å²) in [5.41, 5.74) is 21.7. The summed E-state index contributed by atoms with van der Waals surface area (Å²) in [5, 5.41) is 2.51. The molecule has 0 atom stereocenters. The van der Waals surface area contributed by atoms with Crippen LogP contribution in [0.3, 0.4) is 0 Å². The number of hydrogen-bond acceptors (Lipinski definition) is 2. The first kappa shape index (κ1) is 37.5. The molecule has 3 heteroatoms. The third-order valence-electron chi connectivity index (χ3n) is 13.0. The van der Waals surface area contributed by atoms with Gasteiger partial charge in [-0.05, 0) is 141 Å². The van der Waals surface area contributed by atoms with Crippen molar-refractivity contribution in [3.8, 4) is 50.3 Å². The van der Waals surface area contributed by atoms with Gasteiger partial charge in [0, 0.05) is 45.3 Å². The number of rotatable bonds is 6. The van der Waals surface area contributed by atoms with Gasteiger partial charge in [-0.15, -0.1) is 0 Å². The minimum absolute atomic E-state index is 0.801. The van der Waals surface area contributed by atoms with E-state index in [4.69, 9.17) is 0 Å². The molecule has 0 bridgehead atoms. The van der Waals surface area contributed by atoms with Gasteiger partial charge in [0.2, 0.25) is 0 Å². The van der Waals surface area contributed by atoms with Crippen LogP contribution in [0, 0.1) is 0 Å². The first-order valence-electron chi connectivity index (χ1n) is 22.1. The Morgan fingerprint density at radius 2 is 0.859 bits per heavy atom. The number of para-hydroxylation sites is 2. The van der Waals surface area contributed by atoms with E-state index in [9.17, 15) is 0 Å². The number of fused-ring (bicyclic) bond motifs is 9. The van der Waals surface area contributed by atoms with E-state index < -0.39 is 0 Å². The van der Waals surface area contributed by atoms with Crippen molar-refractivity contribution in [1.29, 1.82) is 0 Å². The highest BCUT2D eigenvalue weighted by molar-refractivity contribution is 6.10. The molecule has 9 aromatic carbocycles. The summed E-state index contributed by atoms with van der Waals surface area (Å²) in [6.45, 7) is 0. The molecule has 0 radical (unpaired) electrons. The molecule has 0 aliphatic heterocycles. The van der Waals surface area contributed by atoms with Crippen molar-refractivity contribution in [1.82, 2.24) is 9.55 Å². The van der Waals surface area contributed by atoms with Crippen LogP contribution in [0.25, 0.3) is 72.1 Å². The molecule has 2 aromatic heterocycles. The maximum absolute atomic E-state index is 4.65. The van der Waals surface area contributed by atoms with Crippen molar-refractivity contribution in [3.05, 3.63) is 259 Å². The van der Waals surface area contributed by atoms with E-state index in [-0.39, 0.29) is 0 Å². The lowest BCUT2D eigenvalue weighted by molar-refractivity contribution is 1.14. The maximum atomic E-state index is 4.65. The largest absolute Gasteiger partial charge is 0.310 e. The minimum Gasteiger partial charge on any atom is -0.310 e. The quantitative estimate of drug-likeness (QED) is 0.167. The van der Waals surface area contributed by atoms with Crippen molar-refractivity contribution in [2.45, 2.75) is 12.8 Å². The molecule has 12 rings (SSSR count). The normalized spacial score (nSPS) is 11.9. The molecule has 64 heavy (non-hydrogen) atoms. The summed E-state index contributed by atoms with van der Waals surface area (Å²) < 4.78 is 2.39. The molecule has 11 aromatic rings. The Labute approximate surface area is 373 Å². The summed E-state index contributed by atoms with van der Waals surface area (Å²) in [6, 6.07) is 84.2. The van der Waals surface area contributed by atoms with Crippen LogP contribution in [0.2, 0.25) is 0 Å². The van der Waals surface area contributed by atoms with Gasteiger partial charge in [0.05, 0.1) is 16.7 Å². The fourth-order valence-electron chi connectivity index (χ4n) is 9.92. The Morgan fingerprint density at radius 3 is 1.52 bits per heavy atom. The summed E-state index contributed by atoms with van der Waals surface area (Å²) in [7, 11) is 0. The molecule has 1 aliphatic carbocycles. The molecule has 302 valence electrons. The molecular formula is C61H43N3. The number of nitrogens with zero attached hydrogens (tertiary/aromatic N) is 3. The van der Waals surface area contributed by atoms with Gasteiger partial charge in [-0.1, -0.05) is 158 Å². The molecule has 0 unspecified atom stereocenters. The average molecular weight is 818 g/mol. The third kappa shape index (κ3) is 6.66. The van der Waals surface area contributed by atoms with Crippen LogP contribution in [0.15, 0.2) is 237 Å². The fraction of sp³-hybridized carbons (Fsp3) is 0.0328. The van der Waals surface area contributed by atoms with Crippen LogP contribution in [0.4, 0.5) is 17.1 Å². The highest BCUT2D eigenvalue weighted by Gasteiger charge is 2.21. The zero-order valence-electron chi connectivity index (χ0n) is 35.3. The van der Waals surface area contributed by atoms with Crippen molar-refractivity contribution >= 4 is 38.9 Å². The molecular weight excluding hydrogens is 775 g/mol. The van der Waals surface area contributed by atoms with Gasteiger partial charge < -0.3 is 9.47 Å². The van der Waals surface area contributed by atoms with E-state index in [1.54, 1.807) is 0 Å². The van der Waals surface area contributed by atoms with Crippen LogP contribution in [0.1, 0.15) is 22.3 Å². The highest BCUT2D eigenvalue weighted by Crippen LogP contribution is 2.43. The summed E-state index contributed by atoms with van der Waals surface area (Å²) in [6.07, 6.45) is 3.52. The van der Waals surface area contributed by atoms with Crippen LogP contribution < -0.4 is 4.90 Å². The Bertz CT molecular complexity index is 3480. The van der Waals surface area contributed by atoms with E-state index in [0.717, 1.165) is 46.8 Å². The van der Waals surface area contributed by atoms with E-state index in [1.165, 1.54) is 77.4 Å². The predicted molar refractivity (Wildman–Crippen MR) is 267 cm³/mol. The van der Waals surface area contributed by atoms with E-state index >= 15 is 0 Å². The van der Waals surface area contributed by atoms with Crippen LogP contribution in [0.5, 0.6) is 0 Å². The first-order valence-corrected chi connectivity index (χ1v) is 22.1. The number of anilines is 3. The molecule has 3 nitrogen and oxygen atoms in total. The summed E-state index contributed by atoms with van der Waals surface area (Å²) in [5.74, 6) is 0. The lowest BCUT2D eigenvalue weighted by Crippen LogP contribution is -2.11. The Kier molecular flexibility index (Phi) is 9.31. The third-order valence-corrected chi connectivity index (χ3v) is 13.0. The molecule has 0 saturated carbocycles. The molecule has 0 spiro atoms. The van der Waals surface area contributed by atoms with Gasteiger partial charge in [0.1, 0.15) is 0 Å². The van der Waals surface area contributed by atoms with Crippen molar-refractivity contribution < 1.29 is 0 Å². The summed E-state index contributed by atoms with van der Waals surface area (Å²) >= 11 is 0. The predicted octanol–water partition coefficient (Wildman–Crippen LogP) is 15.8. The van der Waals surface area contributed by atoms with Crippen LogP contribution in [-0.2, 0) is 12.8 Å². The van der Waals surface area contributed by atoms with Gasteiger partial charge in [-0.25, -0.2) is 0 Å². The van der Waals surface area contributed by atoms with Gasteiger partial charge in [-0.2, -0.15) is 0 Å². The van der Waals surface area contributed by atoms with Crippen molar-refractivity contribution in [2.24, 2.45) is 0 Å². The molecule has 2 heterocycles. The number of aromatic nitrogens is 2. The lowest BCUT2D eigenvalue weighted by atomic mass is 9.84. The number of hydrogen-bond donors (Lipinski definition) is 0. The molecule has 0 amide bonds. The van der Waals surface area contributed by atoms with E-state index in [2.05, 4.69) is 233 Å². The zero-order chi connectivity index (χ0) is 42.4. The van der Waals surface area contributed by atoms with Crippen LogP contribution >= 0.6 is 0 Å². The molecule has 0 saturated heterocycles. The Balaban J connectivity index is 0.992. The number of pyridine rings is 1. The molecule has 0 fully saturated rings. The lowest BCUT2D eigenvalue weighted by Gasteiger charge is -2.28. The zero-order valence-corrected chi connectivity index (χ0v) is 35.3. The monoisotopic (exact) mass is 817 g/mol. The second kappa shape index (κ2) is 15.9. The SMILES string of the molecule is c1ccc(-n2c3ccccc3c3ccc(-c4ccc(N(c5ccc(-c6ccccn6)cc5)c5ccc6c(c5)Cc5ccccc5-c5ccccc5Cc5ccccc5-6)cc4)cc32)cc1. The first-order chi connectivity index (χ1) is 31.7. The van der Waals surface area contributed by atoms with Gasteiger partial charge in [-0.3, -0.25) is 4.98 Å². The van der Waals surface area contributed by atoms with Crippen molar-refractivity contribution in [3.63, 3.8) is 0 Å². The Hall–Kier alpha value is -8.27. The second-order valence-electron chi connectivity index (χ2n) is 16.7. The maximum Gasteiger partial charge on any atom is 0.0701 e. The average Bonchev–Trinajstić information content (AvgIpc) is 3.69. The van der Waals surface area contributed by atoms with Gasteiger partial charge >= 0.3 is 0 Å². The Morgan fingerprint density at radius 1 is 0.344 bits per heavy atom. The van der Waals surface area contributed by atoms with Crippen LogP contribution in [-0.4, -0.2) is 9.55 Å². The fourth-order valence-corrected chi connectivity index (χ4v) is 9.92. The number of benzene rings is 9. The molecule has 1 aliphatic rings.